The van der Waals surface area contributed by atoms with Crippen LogP contribution >= 0.6 is 0 Å². The summed E-state index contributed by atoms with van der Waals surface area (Å²) < 4.78 is 0. The third kappa shape index (κ3) is 1.52. The monoisotopic (exact) mass is 189 g/mol. The molecule has 0 amide bonds. The van der Waals surface area contributed by atoms with Gasteiger partial charge in [-0.25, -0.2) is 0 Å². The predicted molar refractivity (Wildman–Crippen MR) is 62.1 cm³/mol. The lowest BCUT2D eigenvalue weighted by atomic mass is 9.93. The molecule has 1 N–H and O–H groups in total. The van der Waals surface area contributed by atoms with Gasteiger partial charge in [-0.3, -0.25) is 0 Å². The van der Waals surface area contributed by atoms with Crippen LogP contribution in [0.25, 0.3) is 0 Å². The Labute approximate surface area is 86.5 Å². The van der Waals surface area contributed by atoms with Gasteiger partial charge in [0.25, 0.3) is 0 Å². The summed E-state index contributed by atoms with van der Waals surface area (Å²) in [6, 6.07) is 4.75. The Morgan fingerprint density at radius 2 is 2.14 bits per heavy atom. The van der Waals surface area contributed by atoms with E-state index in [9.17, 15) is 0 Å². The standard InChI is InChI=1S/C13H19N/c1-4-10-8-13-11(5-6-14-13)7-12(10)9(2)3/h7-9,14H,4-6H2,1-3H3. The lowest BCUT2D eigenvalue weighted by Crippen LogP contribution is -1.97. The minimum Gasteiger partial charge on any atom is -0.384 e. The Morgan fingerprint density at radius 1 is 1.36 bits per heavy atom. The molecule has 1 aliphatic rings. The first-order valence-corrected chi connectivity index (χ1v) is 5.62. The van der Waals surface area contributed by atoms with Gasteiger partial charge < -0.3 is 5.32 Å². The molecule has 0 fully saturated rings. The molecule has 1 heterocycles. The van der Waals surface area contributed by atoms with Gasteiger partial charge in [0, 0.05) is 12.2 Å². The topological polar surface area (TPSA) is 12.0 Å². The third-order valence-electron chi connectivity index (χ3n) is 3.08. The largest absolute Gasteiger partial charge is 0.384 e. The van der Waals surface area contributed by atoms with Crippen molar-refractivity contribution in [3.8, 4) is 0 Å². The van der Waals surface area contributed by atoms with E-state index in [-0.39, 0.29) is 0 Å². The Hall–Kier alpha value is -0.980. The zero-order valence-corrected chi connectivity index (χ0v) is 9.35. The minimum atomic E-state index is 0.649. The molecular weight excluding hydrogens is 170 g/mol. The van der Waals surface area contributed by atoms with Gasteiger partial charge in [-0.15, -0.1) is 0 Å². The van der Waals surface area contributed by atoms with Gasteiger partial charge in [0.2, 0.25) is 0 Å². The van der Waals surface area contributed by atoms with Crippen LogP contribution in [0.2, 0.25) is 0 Å². The molecule has 0 aromatic heterocycles. The second-order valence-electron chi connectivity index (χ2n) is 4.39. The summed E-state index contributed by atoms with van der Waals surface area (Å²) in [6.45, 7) is 7.91. The third-order valence-corrected chi connectivity index (χ3v) is 3.08. The van der Waals surface area contributed by atoms with Crippen LogP contribution in [-0.4, -0.2) is 6.54 Å². The van der Waals surface area contributed by atoms with Crippen molar-refractivity contribution in [3.63, 3.8) is 0 Å². The van der Waals surface area contributed by atoms with Crippen LogP contribution < -0.4 is 5.32 Å². The lowest BCUT2D eigenvalue weighted by molar-refractivity contribution is 0.842. The fourth-order valence-electron chi connectivity index (χ4n) is 2.26. The second kappa shape index (κ2) is 3.64. The van der Waals surface area contributed by atoms with Crippen LogP contribution in [-0.2, 0) is 12.8 Å². The molecule has 0 saturated heterocycles. The lowest BCUT2D eigenvalue weighted by Gasteiger charge is -2.14. The molecule has 0 saturated carbocycles. The van der Waals surface area contributed by atoms with E-state index in [4.69, 9.17) is 0 Å². The van der Waals surface area contributed by atoms with E-state index in [0.29, 0.717) is 5.92 Å². The van der Waals surface area contributed by atoms with Crippen molar-refractivity contribution in [2.75, 3.05) is 11.9 Å². The zero-order chi connectivity index (χ0) is 10.1. The molecule has 14 heavy (non-hydrogen) atoms. The molecule has 2 rings (SSSR count). The first kappa shape index (κ1) is 9.57. The van der Waals surface area contributed by atoms with Crippen LogP contribution in [0.3, 0.4) is 0 Å². The maximum absolute atomic E-state index is 3.44. The first-order chi connectivity index (χ1) is 6.72. The number of hydrogen-bond donors (Lipinski definition) is 1. The van der Waals surface area contributed by atoms with Gasteiger partial charge in [0.05, 0.1) is 0 Å². The molecule has 1 aromatic carbocycles. The number of fused-ring (bicyclic) bond motifs is 1. The Kier molecular flexibility index (Phi) is 2.49. The highest BCUT2D eigenvalue weighted by Gasteiger charge is 2.14. The highest BCUT2D eigenvalue weighted by Crippen LogP contribution is 2.30. The van der Waals surface area contributed by atoms with Crippen LogP contribution in [0.4, 0.5) is 5.69 Å². The molecule has 0 aliphatic carbocycles. The van der Waals surface area contributed by atoms with Crippen molar-refractivity contribution in [1.29, 1.82) is 0 Å². The average molecular weight is 189 g/mol. The molecule has 0 spiro atoms. The molecule has 1 heteroatoms. The molecular formula is C13H19N. The molecule has 0 bridgehead atoms. The summed E-state index contributed by atoms with van der Waals surface area (Å²) in [5, 5.41) is 3.44. The van der Waals surface area contributed by atoms with E-state index in [1.54, 1.807) is 0 Å². The van der Waals surface area contributed by atoms with Crippen LogP contribution in [0.5, 0.6) is 0 Å². The predicted octanol–water partition coefficient (Wildman–Crippen LogP) is 3.34. The number of anilines is 1. The highest BCUT2D eigenvalue weighted by molar-refractivity contribution is 5.59. The quantitative estimate of drug-likeness (QED) is 0.752. The molecule has 1 aromatic rings. The summed E-state index contributed by atoms with van der Waals surface area (Å²) in [7, 11) is 0. The van der Waals surface area contributed by atoms with E-state index < -0.39 is 0 Å². The van der Waals surface area contributed by atoms with Crippen molar-refractivity contribution in [1.82, 2.24) is 0 Å². The average Bonchev–Trinajstić information content (AvgIpc) is 2.62. The number of aryl methyl sites for hydroxylation is 1. The summed E-state index contributed by atoms with van der Waals surface area (Å²) in [5.74, 6) is 0.649. The molecule has 76 valence electrons. The number of hydrogen-bond acceptors (Lipinski definition) is 1. The number of nitrogens with one attached hydrogen (secondary N) is 1. The summed E-state index contributed by atoms with van der Waals surface area (Å²) in [5.41, 5.74) is 5.92. The molecule has 1 nitrogen and oxygen atoms in total. The highest BCUT2D eigenvalue weighted by atomic mass is 14.9. The van der Waals surface area contributed by atoms with Crippen LogP contribution in [0, 0.1) is 0 Å². The van der Waals surface area contributed by atoms with Crippen molar-refractivity contribution < 1.29 is 0 Å². The first-order valence-electron chi connectivity index (χ1n) is 5.62. The molecule has 0 radical (unpaired) electrons. The zero-order valence-electron chi connectivity index (χ0n) is 9.35. The fraction of sp³-hybridized carbons (Fsp3) is 0.538. The van der Waals surface area contributed by atoms with Crippen molar-refractivity contribution in [2.45, 2.75) is 39.5 Å². The van der Waals surface area contributed by atoms with Gasteiger partial charge in [-0.2, -0.15) is 0 Å². The fourth-order valence-corrected chi connectivity index (χ4v) is 2.26. The van der Waals surface area contributed by atoms with E-state index >= 15 is 0 Å². The Bertz CT molecular complexity index is 339. The van der Waals surface area contributed by atoms with Gasteiger partial charge in [0.15, 0.2) is 0 Å². The summed E-state index contributed by atoms with van der Waals surface area (Å²) >= 11 is 0. The smallest absolute Gasteiger partial charge is 0.0376 e. The van der Waals surface area contributed by atoms with Gasteiger partial charge >= 0.3 is 0 Å². The van der Waals surface area contributed by atoms with Gasteiger partial charge in [0.1, 0.15) is 0 Å². The number of rotatable bonds is 2. The SMILES string of the molecule is CCc1cc2c(cc1C(C)C)CCN2. The molecule has 0 atom stereocenters. The van der Waals surface area contributed by atoms with E-state index in [0.717, 1.165) is 13.0 Å². The van der Waals surface area contributed by atoms with Crippen molar-refractivity contribution in [3.05, 3.63) is 28.8 Å². The Balaban J connectivity index is 2.49. The second-order valence-corrected chi connectivity index (χ2v) is 4.39. The summed E-state index contributed by atoms with van der Waals surface area (Å²) in [4.78, 5) is 0. The maximum Gasteiger partial charge on any atom is 0.0376 e. The maximum atomic E-state index is 3.44. The van der Waals surface area contributed by atoms with Crippen LogP contribution in [0.1, 0.15) is 43.4 Å². The minimum absolute atomic E-state index is 0.649. The van der Waals surface area contributed by atoms with E-state index in [1.165, 1.54) is 28.8 Å². The van der Waals surface area contributed by atoms with Crippen molar-refractivity contribution >= 4 is 5.69 Å². The normalized spacial score (nSPS) is 14.3. The molecule has 0 unspecified atom stereocenters. The van der Waals surface area contributed by atoms with Gasteiger partial charge in [-0.05, 0) is 41.5 Å². The van der Waals surface area contributed by atoms with Crippen LogP contribution in [0.15, 0.2) is 12.1 Å². The van der Waals surface area contributed by atoms with E-state index in [1.807, 2.05) is 0 Å². The van der Waals surface area contributed by atoms with Gasteiger partial charge in [-0.1, -0.05) is 26.8 Å². The molecule has 1 aliphatic heterocycles. The Morgan fingerprint density at radius 3 is 2.79 bits per heavy atom. The summed E-state index contributed by atoms with van der Waals surface area (Å²) in [6.07, 6.45) is 2.33. The van der Waals surface area contributed by atoms with E-state index in [2.05, 4.69) is 38.2 Å². The number of benzene rings is 1. The van der Waals surface area contributed by atoms with Crippen molar-refractivity contribution in [2.24, 2.45) is 0 Å².